The van der Waals surface area contributed by atoms with Crippen LogP contribution in [0.4, 0.5) is 0 Å². The molecule has 1 heterocycles. The van der Waals surface area contributed by atoms with E-state index in [1.54, 1.807) is 0 Å². The lowest BCUT2D eigenvalue weighted by Crippen LogP contribution is -2.53. The highest BCUT2D eigenvalue weighted by atomic mass is 16.5. The molecule has 1 aliphatic heterocycles. The number of carbonyl (C=O) groups excluding carboxylic acids is 2. The van der Waals surface area contributed by atoms with Crippen molar-refractivity contribution in [2.24, 2.45) is 34.5 Å². The maximum Gasteiger partial charge on any atom is 0.312 e. The third-order valence-electron chi connectivity index (χ3n) is 7.76. The molecule has 1 unspecified atom stereocenters. The summed E-state index contributed by atoms with van der Waals surface area (Å²) in [6, 6.07) is 0. The Labute approximate surface area is 132 Å². The second-order valence-corrected chi connectivity index (χ2v) is 8.49. The van der Waals surface area contributed by atoms with Crippen molar-refractivity contribution >= 4 is 11.8 Å². The van der Waals surface area contributed by atoms with Gasteiger partial charge in [0.1, 0.15) is 0 Å². The Balaban J connectivity index is 1.73. The van der Waals surface area contributed by atoms with Gasteiger partial charge in [-0.15, -0.1) is 0 Å². The van der Waals surface area contributed by atoms with Crippen molar-refractivity contribution in [2.75, 3.05) is 6.61 Å². The third kappa shape index (κ3) is 1.63. The quantitative estimate of drug-likeness (QED) is 0.643. The van der Waals surface area contributed by atoms with Crippen molar-refractivity contribution in [1.29, 1.82) is 0 Å². The van der Waals surface area contributed by atoms with Gasteiger partial charge in [-0.25, -0.2) is 0 Å². The molecule has 6 atom stereocenters. The average Bonchev–Trinajstić information content (AvgIpc) is 2.77. The van der Waals surface area contributed by atoms with Crippen LogP contribution in [0.3, 0.4) is 0 Å². The van der Waals surface area contributed by atoms with E-state index in [2.05, 4.69) is 20.8 Å². The summed E-state index contributed by atoms with van der Waals surface area (Å²) in [5, 5.41) is 0. The van der Waals surface area contributed by atoms with Gasteiger partial charge in [0.25, 0.3) is 0 Å². The van der Waals surface area contributed by atoms with Gasteiger partial charge in [0.2, 0.25) is 0 Å². The van der Waals surface area contributed by atoms with Gasteiger partial charge >= 0.3 is 5.97 Å². The lowest BCUT2D eigenvalue weighted by molar-refractivity contribution is -0.148. The molecule has 0 N–H and O–H groups in total. The summed E-state index contributed by atoms with van der Waals surface area (Å²) in [6.45, 7) is 7.36. The van der Waals surface area contributed by atoms with Crippen LogP contribution in [0.2, 0.25) is 0 Å². The first kappa shape index (κ1) is 14.5. The van der Waals surface area contributed by atoms with Gasteiger partial charge in [0.15, 0.2) is 5.78 Å². The van der Waals surface area contributed by atoms with Crippen molar-refractivity contribution in [3.63, 3.8) is 0 Å². The summed E-state index contributed by atoms with van der Waals surface area (Å²) >= 11 is 0. The topological polar surface area (TPSA) is 43.4 Å². The lowest BCUT2D eigenvalue weighted by Gasteiger charge is -2.57. The van der Waals surface area contributed by atoms with Gasteiger partial charge in [-0.2, -0.15) is 0 Å². The van der Waals surface area contributed by atoms with Crippen LogP contribution in [0.5, 0.6) is 0 Å². The Kier molecular flexibility index (Phi) is 2.93. The van der Waals surface area contributed by atoms with E-state index in [9.17, 15) is 9.59 Å². The molecule has 4 aliphatic rings. The van der Waals surface area contributed by atoms with E-state index in [1.165, 1.54) is 5.57 Å². The van der Waals surface area contributed by atoms with E-state index in [1.807, 2.05) is 6.08 Å². The number of hydrogen-bond acceptors (Lipinski definition) is 3. The van der Waals surface area contributed by atoms with Crippen molar-refractivity contribution in [2.45, 2.75) is 52.9 Å². The molecule has 3 nitrogen and oxygen atoms in total. The van der Waals surface area contributed by atoms with Crippen molar-refractivity contribution < 1.29 is 14.3 Å². The highest BCUT2D eigenvalue weighted by Crippen LogP contribution is 2.64. The molecular weight excluding hydrogens is 276 g/mol. The molecule has 1 saturated heterocycles. The highest BCUT2D eigenvalue weighted by Gasteiger charge is 2.61. The Bertz CT molecular complexity index is 577. The van der Waals surface area contributed by atoms with E-state index in [0.717, 1.165) is 25.7 Å². The molecule has 0 bridgehead atoms. The zero-order valence-electron chi connectivity index (χ0n) is 13.9. The average molecular weight is 302 g/mol. The van der Waals surface area contributed by atoms with Crippen LogP contribution in [0, 0.1) is 34.5 Å². The largest absolute Gasteiger partial charge is 0.465 e. The number of ketones is 1. The van der Waals surface area contributed by atoms with Gasteiger partial charge in [-0.3, -0.25) is 9.59 Å². The number of ether oxygens (including phenoxy) is 1. The zero-order chi connectivity index (χ0) is 15.7. The van der Waals surface area contributed by atoms with Crippen LogP contribution in [0.1, 0.15) is 52.9 Å². The summed E-state index contributed by atoms with van der Waals surface area (Å²) in [5.41, 5.74) is 1.27. The van der Waals surface area contributed by atoms with Gasteiger partial charge in [-0.1, -0.05) is 19.4 Å². The third-order valence-corrected chi connectivity index (χ3v) is 7.76. The molecule has 3 fully saturated rings. The number of fused-ring (bicyclic) bond motifs is 5. The second-order valence-electron chi connectivity index (χ2n) is 8.49. The molecule has 0 aromatic heterocycles. The normalized spacial score (nSPS) is 50.6. The number of cyclic esters (lactones) is 1. The SMILES string of the molecule is CC1CC(=O)C=C2CC[C@@H]3[C@@H](CC[C@]4(C)C(=O)OC[C@@H]34)[C@]21C. The van der Waals surface area contributed by atoms with Gasteiger partial charge < -0.3 is 4.74 Å². The van der Waals surface area contributed by atoms with Crippen LogP contribution in [0.15, 0.2) is 11.6 Å². The van der Waals surface area contributed by atoms with Crippen LogP contribution in [-0.2, 0) is 14.3 Å². The lowest BCUT2D eigenvalue weighted by atomic mass is 9.45. The minimum atomic E-state index is -0.257. The van der Waals surface area contributed by atoms with Crippen LogP contribution >= 0.6 is 0 Å². The maximum atomic E-state index is 12.2. The van der Waals surface area contributed by atoms with Crippen LogP contribution in [0.25, 0.3) is 0 Å². The zero-order valence-corrected chi connectivity index (χ0v) is 13.9. The first-order chi connectivity index (χ1) is 10.4. The number of esters is 1. The molecule has 3 aliphatic carbocycles. The second kappa shape index (κ2) is 4.46. The molecule has 0 spiro atoms. The van der Waals surface area contributed by atoms with E-state index >= 15 is 0 Å². The van der Waals surface area contributed by atoms with E-state index in [-0.39, 0.29) is 16.8 Å². The summed E-state index contributed by atoms with van der Waals surface area (Å²) in [5.74, 6) is 2.29. The van der Waals surface area contributed by atoms with Gasteiger partial charge in [0.05, 0.1) is 12.0 Å². The number of carbonyl (C=O) groups is 2. The molecule has 0 aromatic rings. The number of allylic oxidation sites excluding steroid dienone is 2. The van der Waals surface area contributed by atoms with Crippen molar-refractivity contribution in [1.82, 2.24) is 0 Å². The highest BCUT2D eigenvalue weighted by molar-refractivity contribution is 5.92. The first-order valence-corrected chi connectivity index (χ1v) is 8.78. The molecule has 2 saturated carbocycles. The first-order valence-electron chi connectivity index (χ1n) is 8.78. The fourth-order valence-corrected chi connectivity index (χ4v) is 6.15. The van der Waals surface area contributed by atoms with Crippen LogP contribution in [-0.4, -0.2) is 18.4 Å². The van der Waals surface area contributed by atoms with Crippen LogP contribution < -0.4 is 0 Å². The minimum absolute atomic E-state index is 0.0225. The molecule has 120 valence electrons. The van der Waals surface area contributed by atoms with E-state index in [4.69, 9.17) is 4.74 Å². The van der Waals surface area contributed by atoms with Gasteiger partial charge in [-0.05, 0) is 61.9 Å². The summed E-state index contributed by atoms with van der Waals surface area (Å²) in [7, 11) is 0. The van der Waals surface area contributed by atoms with E-state index < -0.39 is 0 Å². The minimum Gasteiger partial charge on any atom is -0.465 e. The summed E-state index contributed by atoms with van der Waals surface area (Å²) < 4.78 is 5.46. The molecule has 3 heteroatoms. The smallest absolute Gasteiger partial charge is 0.312 e. The van der Waals surface area contributed by atoms with E-state index in [0.29, 0.717) is 42.5 Å². The van der Waals surface area contributed by atoms with Crippen molar-refractivity contribution in [3.05, 3.63) is 11.6 Å². The molecule has 0 radical (unpaired) electrons. The number of hydrogen-bond donors (Lipinski definition) is 0. The Morgan fingerprint density at radius 3 is 2.73 bits per heavy atom. The predicted molar refractivity (Wildman–Crippen MR) is 83.0 cm³/mol. The standard InChI is InChI=1S/C19H26O3/c1-11-8-13(20)9-12-4-5-14-15(19(11,12)3)6-7-18(2)16(14)10-22-17(18)21/h9,11,14-16H,4-8,10H2,1-3H3/t11?,14-,15-,16+,18+,19+/m1/s1. The molecule has 0 amide bonds. The Morgan fingerprint density at radius 2 is 1.95 bits per heavy atom. The molecular formula is C19H26O3. The molecule has 22 heavy (non-hydrogen) atoms. The summed E-state index contributed by atoms with van der Waals surface area (Å²) in [6.07, 6.45) is 6.80. The fourth-order valence-electron chi connectivity index (χ4n) is 6.15. The van der Waals surface area contributed by atoms with Gasteiger partial charge in [0, 0.05) is 12.3 Å². The molecule has 4 rings (SSSR count). The fraction of sp³-hybridized carbons (Fsp3) is 0.789. The Hall–Kier alpha value is -1.12. The number of rotatable bonds is 0. The van der Waals surface area contributed by atoms with Crippen molar-refractivity contribution in [3.8, 4) is 0 Å². The maximum absolute atomic E-state index is 12.2. The Morgan fingerprint density at radius 1 is 1.18 bits per heavy atom. The summed E-state index contributed by atoms with van der Waals surface area (Å²) in [4.78, 5) is 24.2. The predicted octanol–water partition coefficient (Wildman–Crippen LogP) is 3.53. The monoisotopic (exact) mass is 302 g/mol. The molecule has 0 aromatic carbocycles.